The molecular weight excluding hydrogens is 328 g/mol. The van der Waals surface area contributed by atoms with Gasteiger partial charge in [0.2, 0.25) is 0 Å². The number of fused-ring (bicyclic) bond motifs is 1. The quantitative estimate of drug-likeness (QED) is 0.698. The zero-order valence-corrected chi connectivity index (χ0v) is 14.1. The van der Waals surface area contributed by atoms with Crippen molar-refractivity contribution in [2.75, 3.05) is 6.61 Å². The minimum atomic E-state index is -0.300. The first kappa shape index (κ1) is 16.3. The predicted octanol–water partition coefficient (Wildman–Crippen LogP) is 4.37. The summed E-state index contributed by atoms with van der Waals surface area (Å²) in [6.45, 7) is 4.34. The summed E-state index contributed by atoms with van der Waals surface area (Å²) in [5.41, 5.74) is 1.13. The standard InChI is InChI=1S/C18H17ClN2O3/c1-3-23-14-6-4-5-12-9-15(24-17(12)14)11(2)21-18(22)13-7-8-20-16(19)10-13/h4-11H,3H2,1-2H3,(H,21,22)/t11-/m1/s1. The summed E-state index contributed by atoms with van der Waals surface area (Å²) >= 11 is 5.82. The molecule has 124 valence electrons. The number of carbonyl (C=O) groups excluding carboxylic acids is 1. The van der Waals surface area contributed by atoms with Crippen LogP contribution in [0.15, 0.2) is 47.0 Å². The Morgan fingerprint density at radius 3 is 2.96 bits per heavy atom. The van der Waals surface area contributed by atoms with Crippen LogP contribution in [-0.4, -0.2) is 17.5 Å². The van der Waals surface area contributed by atoms with Gasteiger partial charge >= 0.3 is 0 Å². The number of rotatable bonds is 5. The molecule has 3 aromatic rings. The summed E-state index contributed by atoms with van der Waals surface area (Å²) in [6.07, 6.45) is 1.50. The second-order valence-corrected chi connectivity index (χ2v) is 5.71. The van der Waals surface area contributed by atoms with Crippen LogP contribution in [0, 0.1) is 0 Å². The molecule has 1 aromatic carbocycles. The fraction of sp³-hybridized carbons (Fsp3) is 0.222. The fourth-order valence-corrected chi connectivity index (χ4v) is 2.61. The van der Waals surface area contributed by atoms with Crippen molar-refractivity contribution < 1.29 is 13.9 Å². The number of pyridine rings is 1. The Kier molecular flexibility index (Phi) is 4.71. The molecule has 0 saturated heterocycles. The average Bonchev–Trinajstić information content (AvgIpc) is 3.00. The van der Waals surface area contributed by atoms with E-state index in [1.54, 1.807) is 6.07 Å². The van der Waals surface area contributed by atoms with Crippen LogP contribution in [0.4, 0.5) is 0 Å². The summed E-state index contributed by atoms with van der Waals surface area (Å²) in [5, 5.41) is 4.10. The summed E-state index contributed by atoms with van der Waals surface area (Å²) in [5.74, 6) is 1.11. The number of benzene rings is 1. The first-order valence-corrected chi connectivity index (χ1v) is 8.04. The summed E-state index contributed by atoms with van der Waals surface area (Å²) in [6, 6.07) is 10.5. The van der Waals surface area contributed by atoms with Gasteiger partial charge in [-0.15, -0.1) is 0 Å². The van der Waals surface area contributed by atoms with Crippen molar-refractivity contribution in [2.45, 2.75) is 19.9 Å². The maximum atomic E-state index is 12.3. The molecule has 1 amide bonds. The lowest BCUT2D eigenvalue weighted by atomic mass is 10.2. The Morgan fingerprint density at radius 2 is 2.21 bits per heavy atom. The highest BCUT2D eigenvalue weighted by molar-refractivity contribution is 6.29. The number of carbonyl (C=O) groups is 1. The van der Waals surface area contributed by atoms with E-state index >= 15 is 0 Å². The van der Waals surface area contributed by atoms with Crippen molar-refractivity contribution in [3.8, 4) is 5.75 Å². The first-order chi connectivity index (χ1) is 11.6. The van der Waals surface area contributed by atoms with E-state index in [9.17, 15) is 4.79 Å². The number of aromatic nitrogens is 1. The molecule has 0 bridgehead atoms. The van der Waals surface area contributed by atoms with E-state index in [-0.39, 0.29) is 17.1 Å². The SMILES string of the molecule is CCOc1cccc2cc([C@@H](C)NC(=O)c3ccnc(Cl)c3)oc12. The summed E-state index contributed by atoms with van der Waals surface area (Å²) in [7, 11) is 0. The highest BCUT2D eigenvalue weighted by Gasteiger charge is 2.17. The third-order valence-electron chi connectivity index (χ3n) is 3.59. The number of hydrogen-bond acceptors (Lipinski definition) is 4. The Labute approximate surface area is 144 Å². The van der Waals surface area contributed by atoms with Gasteiger partial charge in [-0.1, -0.05) is 23.7 Å². The van der Waals surface area contributed by atoms with E-state index in [0.717, 1.165) is 5.39 Å². The minimum Gasteiger partial charge on any atom is -0.490 e. The molecule has 0 radical (unpaired) electrons. The smallest absolute Gasteiger partial charge is 0.252 e. The molecule has 0 unspecified atom stereocenters. The highest BCUT2D eigenvalue weighted by Crippen LogP contribution is 2.31. The zero-order chi connectivity index (χ0) is 17.1. The zero-order valence-electron chi connectivity index (χ0n) is 13.4. The van der Waals surface area contributed by atoms with Crippen molar-refractivity contribution in [3.63, 3.8) is 0 Å². The van der Waals surface area contributed by atoms with Gasteiger partial charge in [-0.25, -0.2) is 4.98 Å². The molecule has 0 spiro atoms. The molecule has 5 nitrogen and oxygen atoms in total. The maximum absolute atomic E-state index is 12.3. The third kappa shape index (κ3) is 3.36. The van der Waals surface area contributed by atoms with E-state index in [4.69, 9.17) is 20.8 Å². The van der Waals surface area contributed by atoms with Crippen LogP contribution in [0.1, 0.15) is 36.0 Å². The largest absolute Gasteiger partial charge is 0.490 e. The van der Waals surface area contributed by atoms with Crippen molar-refractivity contribution >= 4 is 28.5 Å². The Balaban J connectivity index is 1.82. The number of nitrogens with zero attached hydrogens (tertiary/aromatic N) is 1. The molecule has 1 atom stereocenters. The molecule has 0 fully saturated rings. The van der Waals surface area contributed by atoms with E-state index in [2.05, 4.69) is 10.3 Å². The van der Waals surface area contributed by atoms with E-state index < -0.39 is 0 Å². The number of nitrogens with one attached hydrogen (secondary N) is 1. The maximum Gasteiger partial charge on any atom is 0.252 e. The summed E-state index contributed by atoms with van der Waals surface area (Å²) in [4.78, 5) is 16.2. The monoisotopic (exact) mass is 344 g/mol. The normalized spacial score (nSPS) is 12.1. The second kappa shape index (κ2) is 6.93. The van der Waals surface area contributed by atoms with Crippen LogP contribution in [-0.2, 0) is 0 Å². The van der Waals surface area contributed by atoms with Crippen molar-refractivity contribution in [3.05, 3.63) is 59.1 Å². The number of furan rings is 1. The van der Waals surface area contributed by atoms with Crippen molar-refractivity contribution in [1.82, 2.24) is 10.3 Å². The lowest BCUT2D eigenvalue weighted by Gasteiger charge is -2.11. The molecule has 2 aromatic heterocycles. The van der Waals surface area contributed by atoms with E-state index in [1.165, 1.54) is 12.3 Å². The lowest BCUT2D eigenvalue weighted by molar-refractivity contribution is 0.0935. The van der Waals surface area contributed by atoms with Crippen molar-refractivity contribution in [2.24, 2.45) is 0 Å². The molecule has 2 heterocycles. The van der Waals surface area contributed by atoms with Gasteiger partial charge in [-0.2, -0.15) is 0 Å². The second-order valence-electron chi connectivity index (χ2n) is 5.32. The minimum absolute atomic E-state index is 0.239. The number of amides is 1. The van der Waals surface area contributed by atoms with Crippen LogP contribution in [0.2, 0.25) is 5.15 Å². The van der Waals surface area contributed by atoms with Gasteiger partial charge in [0.15, 0.2) is 11.3 Å². The van der Waals surface area contributed by atoms with Crippen LogP contribution >= 0.6 is 11.6 Å². The first-order valence-electron chi connectivity index (χ1n) is 7.66. The number of para-hydroxylation sites is 1. The number of hydrogen-bond donors (Lipinski definition) is 1. The van der Waals surface area contributed by atoms with Gasteiger partial charge in [-0.3, -0.25) is 4.79 Å². The lowest BCUT2D eigenvalue weighted by Crippen LogP contribution is -2.26. The number of ether oxygens (including phenoxy) is 1. The van der Waals surface area contributed by atoms with Gasteiger partial charge < -0.3 is 14.5 Å². The van der Waals surface area contributed by atoms with Crippen LogP contribution in [0.25, 0.3) is 11.0 Å². The summed E-state index contributed by atoms with van der Waals surface area (Å²) < 4.78 is 11.5. The molecule has 0 saturated carbocycles. The molecular formula is C18H17ClN2O3. The molecule has 24 heavy (non-hydrogen) atoms. The van der Waals surface area contributed by atoms with Gasteiger partial charge in [0, 0.05) is 17.1 Å². The Hall–Kier alpha value is -2.53. The van der Waals surface area contributed by atoms with Gasteiger partial charge in [-0.05, 0) is 38.1 Å². The van der Waals surface area contributed by atoms with Crippen molar-refractivity contribution in [1.29, 1.82) is 0 Å². The van der Waals surface area contributed by atoms with E-state index in [1.807, 2.05) is 38.1 Å². The molecule has 1 N–H and O–H groups in total. The van der Waals surface area contributed by atoms with Crippen LogP contribution in [0.5, 0.6) is 5.75 Å². The molecule has 6 heteroatoms. The third-order valence-corrected chi connectivity index (χ3v) is 3.80. The van der Waals surface area contributed by atoms with Crippen LogP contribution in [0.3, 0.4) is 0 Å². The van der Waals surface area contributed by atoms with Gasteiger partial charge in [0.25, 0.3) is 5.91 Å². The molecule has 0 aliphatic heterocycles. The molecule has 0 aliphatic rings. The van der Waals surface area contributed by atoms with Crippen LogP contribution < -0.4 is 10.1 Å². The molecule has 0 aliphatic carbocycles. The molecule has 3 rings (SSSR count). The van der Waals surface area contributed by atoms with Gasteiger partial charge in [0.05, 0.1) is 12.6 Å². The predicted molar refractivity (Wildman–Crippen MR) is 92.5 cm³/mol. The Bertz CT molecular complexity index is 876. The highest BCUT2D eigenvalue weighted by atomic mass is 35.5. The fourth-order valence-electron chi connectivity index (χ4n) is 2.43. The Morgan fingerprint density at radius 1 is 1.38 bits per heavy atom. The average molecular weight is 345 g/mol. The van der Waals surface area contributed by atoms with E-state index in [0.29, 0.717) is 29.3 Å². The number of halogens is 1. The van der Waals surface area contributed by atoms with Gasteiger partial charge in [0.1, 0.15) is 10.9 Å². The topological polar surface area (TPSA) is 64.4 Å².